The Hall–Kier alpha value is -1.40. The third-order valence-electron chi connectivity index (χ3n) is 3.37. The zero-order valence-electron chi connectivity index (χ0n) is 12.3. The summed E-state index contributed by atoms with van der Waals surface area (Å²) in [5.41, 5.74) is 4.50. The Morgan fingerprint density at radius 3 is 2.32 bits per heavy atom. The van der Waals surface area contributed by atoms with Crippen molar-refractivity contribution in [1.29, 1.82) is 0 Å². The summed E-state index contributed by atoms with van der Waals surface area (Å²) < 4.78 is 0. The summed E-state index contributed by atoms with van der Waals surface area (Å²) in [6.45, 7) is 11.1. The van der Waals surface area contributed by atoms with Gasteiger partial charge in [-0.3, -0.25) is 0 Å². The molecule has 0 radical (unpaired) electrons. The number of aromatic nitrogens is 2. The van der Waals surface area contributed by atoms with Crippen molar-refractivity contribution in [2.75, 3.05) is 50.5 Å². The summed E-state index contributed by atoms with van der Waals surface area (Å²) in [7, 11) is 2.15. The molecular formula is C13H24N6. The highest BCUT2D eigenvalue weighted by Gasteiger charge is 2.16. The number of nitrogens with one attached hydrogen (secondary N) is 2. The van der Waals surface area contributed by atoms with Crippen LogP contribution in [0.5, 0.6) is 0 Å². The molecule has 0 unspecified atom stereocenters. The fourth-order valence-corrected chi connectivity index (χ4v) is 2.14. The van der Waals surface area contributed by atoms with E-state index in [4.69, 9.17) is 0 Å². The van der Waals surface area contributed by atoms with Gasteiger partial charge in [0.1, 0.15) is 17.5 Å². The lowest BCUT2D eigenvalue weighted by atomic mass is 10.3. The average Bonchev–Trinajstić information content (AvgIpc) is 2.38. The molecule has 0 aromatic carbocycles. The van der Waals surface area contributed by atoms with Crippen LogP contribution >= 0.6 is 0 Å². The second-order valence-corrected chi connectivity index (χ2v) is 5.03. The number of hydrazine groups is 1. The fraction of sp³-hybridized carbons (Fsp3) is 0.692. The van der Waals surface area contributed by atoms with Crippen LogP contribution in [0.3, 0.4) is 0 Å². The standard InChI is InChI=1S/C13H24N6/c1-5-14-12-10(2)13(16-11(3)15-12)17-19-8-6-18(4)7-9-19/h5-9H2,1-4H3,(H2,14,15,16,17). The molecule has 1 aliphatic heterocycles. The molecule has 1 aromatic heterocycles. The van der Waals surface area contributed by atoms with E-state index in [1.165, 1.54) is 0 Å². The normalized spacial score (nSPS) is 17.5. The minimum absolute atomic E-state index is 0.790. The van der Waals surface area contributed by atoms with E-state index >= 15 is 0 Å². The molecular weight excluding hydrogens is 240 g/mol. The topological polar surface area (TPSA) is 56.3 Å². The number of aryl methyl sites for hydroxylation is 1. The smallest absolute Gasteiger partial charge is 0.149 e. The first kappa shape index (κ1) is 14.0. The maximum Gasteiger partial charge on any atom is 0.149 e. The summed E-state index contributed by atoms with van der Waals surface area (Å²) in [6, 6.07) is 0. The highest BCUT2D eigenvalue weighted by Crippen LogP contribution is 2.20. The van der Waals surface area contributed by atoms with E-state index in [1.807, 2.05) is 6.92 Å². The molecule has 2 rings (SSSR count). The monoisotopic (exact) mass is 264 g/mol. The van der Waals surface area contributed by atoms with E-state index in [2.05, 4.69) is 51.5 Å². The third kappa shape index (κ3) is 3.54. The molecule has 0 atom stereocenters. The second-order valence-electron chi connectivity index (χ2n) is 5.03. The summed E-state index contributed by atoms with van der Waals surface area (Å²) in [6.07, 6.45) is 0. The van der Waals surface area contributed by atoms with Crippen LogP contribution in [0.1, 0.15) is 18.3 Å². The third-order valence-corrected chi connectivity index (χ3v) is 3.37. The predicted octanol–water partition coefficient (Wildman–Crippen LogP) is 1.10. The zero-order chi connectivity index (χ0) is 13.8. The van der Waals surface area contributed by atoms with Crippen molar-refractivity contribution >= 4 is 11.6 Å². The molecule has 1 fully saturated rings. The van der Waals surface area contributed by atoms with Gasteiger partial charge in [-0.15, -0.1) is 0 Å². The molecule has 2 heterocycles. The Balaban J connectivity index is 2.11. The number of anilines is 2. The molecule has 6 heteroatoms. The SMILES string of the molecule is CCNc1nc(C)nc(NN2CCN(C)CC2)c1C. The molecule has 0 saturated carbocycles. The van der Waals surface area contributed by atoms with Crippen molar-refractivity contribution in [3.8, 4) is 0 Å². The van der Waals surface area contributed by atoms with Crippen LogP contribution in [0.25, 0.3) is 0 Å². The molecule has 0 amide bonds. The first-order valence-electron chi connectivity index (χ1n) is 6.89. The molecule has 1 aromatic rings. The zero-order valence-corrected chi connectivity index (χ0v) is 12.3. The average molecular weight is 264 g/mol. The van der Waals surface area contributed by atoms with Gasteiger partial charge in [0.2, 0.25) is 0 Å². The van der Waals surface area contributed by atoms with Gasteiger partial charge in [-0.25, -0.2) is 15.0 Å². The minimum atomic E-state index is 0.790. The van der Waals surface area contributed by atoms with E-state index in [1.54, 1.807) is 0 Å². The van der Waals surface area contributed by atoms with E-state index in [9.17, 15) is 0 Å². The van der Waals surface area contributed by atoms with Crippen LogP contribution in [0.15, 0.2) is 0 Å². The first-order valence-corrected chi connectivity index (χ1v) is 6.89. The lowest BCUT2D eigenvalue weighted by molar-refractivity contribution is 0.178. The van der Waals surface area contributed by atoms with Crippen LogP contribution in [0.2, 0.25) is 0 Å². The van der Waals surface area contributed by atoms with Gasteiger partial charge >= 0.3 is 0 Å². The maximum absolute atomic E-state index is 4.51. The van der Waals surface area contributed by atoms with Gasteiger partial charge in [0.15, 0.2) is 0 Å². The van der Waals surface area contributed by atoms with Crippen molar-refractivity contribution in [1.82, 2.24) is 19.9 Å². The molecule has 1 saturated heterocycles. The van der Waals surface area contributed by atoms with Gasteiger partial charge in [0.25, 0.3) is 0 Å². The van der Waals surface area contributed by atoms with Gasteiger partial charge in [0, 0.05) is 38.3 Å². The number of rotatable bonds is 4. The van der Waals surface area contributed by atoms with E-state index in [-0.39, 0.29) is 0 Å². The van der Waals surface area contributed by atoms with Crippen molar-refractivity contribution in [2.24, 2.45) is 0 Å². The molecule has 0 spiro atoms. The Bertz CT molecular complexity index is 425. The molecule has 0 bridgehead atoms. The quantitative estimate of drug-likeness (QED) is 0.849. The predicted molar refractivity (Wildman–Crippen MR) is 78.4 cm³/mol. The van der Waals surface area contributed by atoms with Gasteiger partial charge in [0.05, 0.1) is 0 Å². The highest BCUT2D eigenvalue weighted by atomic mass is 15.5. The van der Waals surface area contributed by atoms with Crippen molar-refractivity contribution in [2.45, 2.75) is 20.8 Å². The van der Waals surface area contributed by atoms with Crippen molar-refractivity contribution in [3.05, 3.63) is 11.4 Å². The summed E-state index contributed by atoms with van der Waals surface area (Å²) >= 11 is 0. The Morgan fingerprint density at radius 1 is 1.05 bits per heavy atom. The number of hydrogen-bond donors (Lipinski definition) is 2. The van der Waals surface area contributed by atoms with Crippen LogP contribution in [-0.4, -0.2) is 59.6 Å². The summed E-state index contributed by atoms with van der Waals surface area (Å²) in [5, 5.41) is 5.51. The van der Waals surface area contributed by atoms with Crippen molar-refractivity contribution in [3.63, 3.8) is 0 Å². The maximum atomic E-state index is 4.51. The molecule has 106 valence electrons. The highest BCUT2D eigenvalue weighted by molar-refractivity contribution is 5.56. The van der Waals surface area contributed by atoms with Crippen LogP contribution in [0, 0.1) is 13.8 Å². The van der Waals surface area contributed by atoms with Gasteiger partial charge in [-0.2, -0.15) is 0 Å². The number of piperazine rings is 1. The number of likely N-dealkylation sites (N-methyl/N-ethyl adjacent to an activating group) is 1. The van der Waals surface area contributed by atoms with E-state index in [0.29, 0.717) is 0 Å². The van der Waals surface area contributed by atoms with E-state index in [0.717, 1.165) is 55.7 Å². The molecule has 1 aliphatic rings. The molecule has 0 aliphatic carbocycles. The number of hydrogen-bond acceptors (Lipinski definition) is 6. The van der Waals surface area contributed by atoms with Crippen LogP contribution < -0.4 is 10.7 Å². The summed E-state index contributed by atoms with van der Waals surface area (Å²) in [5.74, 6) is 2.62. The summed E-state index contributed by atoms with van der Waals surface area (Å²) in [4.78, 5) is 11.3. The fourth-order valence-electron chi connectivity index (χ4n) is 2.14. The van der Waals surface area contributed by atoms with Gasteiger partial charge in [-0.1, -0.05) is 0 Å². The Kier molecular flexibility index (Phi) is 4.55. The molecule has 6 nitrogen and oxygen atoms in total. The van der Waals surface area contributed by atoms with Crippen molar-refractivity contribution < 1.29 is 0 Å². The number of nitrogens with zero attached hydrogens (tertiary/aromatic N) is 4. The van der Waals surface area contributed by atoms with E-state index < -0.39 is 0 Å². The molecule has 19 heavy (non-hydrogen) atoms. The first-order chi connectivity index (χ1) is 9.10. The minimum Gasteiger partial charge on any atom is -0.370 e. The second kappa shape index (κ2) is 6.16. The lowest BCUT2D eigenvalue weighted by Gasteiger charge is -2.33. The van der Waals surface area contributed by atoms with Crippen LogP contribution in [-0.2, 0) is 0 Å². The molecule has 2 N–H and O–H groups in total. The largest absolute Gasteiger partial charge is 0.370 e. The van der Waals surface area contributed by atoms with Gasteiger partial charge < -0.3 is 15.6 Å². The van der Waals surface area contributed by atoms with Gasteiger partial charge in [-0.05, 0) is 27.8 Å². The Labute approximate surface area is 115 Å². The Morgan fingerprint density at radius 2 is 1.68 bits per heavy atom. The van der Waals surface area contributed by atoms with Crippen LogP contribution in [0.4, 0.5) is 11.6 Å². The lowest BCUT2D eigenvalue weighted by Crippen LogP contribution is -2.47.